The third-order valence-corrected chi connectivity index (χ3v) is 15.0. The van der Waals surface area contributed by atoms with E-state index in [4.69, 9.17) is 14.2 Å². The molecule has 0 heterocycles. The standard InChI is InChI=1S/C72H128O6/c1-4-7-10-13-16-19-22-25-26-27-28-29-30-31-32-33-34-35-36-37-38-39-40-41-42-43-44-45-46-48-50-53-56-59-62-65-71(74)77-68-69(67-76-70(73)64-61-58-55-52-49-24-21-18-15-12-9-6-3)78-72(75)66-63-60-57-54-51-47-23-20-17-14-11-8-5-2/h8,11,17,20,22,25,27-28,47,51,57,60,69H,4-7,9-10,12-16,18-19,21,23-24,26,29-46,48-50,52-56,58-59,61-68H2,1-3H3/b11-8-,20-17-,25-22-,28-27-,51-47-,60-57-. The Balaban J connectivity index is 4.05. The highest BCUT2D eigenvalue weighted by Crippen LogP contribution is 2.18. The van der Waals surface area contributed by atoms with E-state index in [1.54, 1.807) is 0 Å². The molecule has 0 bridgehead atoms. The van der Waals surface area contributed by atoms with E-state index in [-0.39, 0.29) is 37.5 Å². The summed E-state index contributed by atoms with van der Waals surface area (Å²) in [6.07, 6.45) is 86.9. The highest BCUT2D eigenvalue weighted by molar-refractivity contribution is 5.71. The first-order valence-electron chi connectivity index (χ1n) is 33.9. The number of ether oxygens (including phenoxy) is 3. The molecule has 0 N–H and O–H groups in total. The zero-order valence-corrected chi connectivity index (χ0v) is 51.9. The van der Waals surface area contributed by atoms with E-state index in [1.807, 2.05) is 6.08 Å². The lowest BCUT2D eigenvalue weighted by Gasteiger charge is -2.18. The lowest BCUT2D eigenvalue weighted by atomic mass is 10.0. The van der Waals surface area contributed by atoms with Crippen molar-refractivity contribution in [3.63, 3.8) is 0 Å². The molecule has 1 atom stereocenters. The molecule has 0 aliphatic heterocycles. The van der Waals surface area contributed by atoms with E-state index in [9.17, 15) is 14.4 Å². The zero-order valence-electron chi connectivity index (χ0n) is 51.9. The molecule has 452 valence electrons. The molecule has 6 nitrogen and oxygen atoms in total. The van der Waals surface area contributed by atoms with Gasteiger partial charge in [-0.3, -0.25) is 14.4 Å². The average Bonchev–Trinajstić information content (AvgIpc) is 3.44. The fourth-order valence-corrected chi connectivity index (χ4v) is 9.90. The highest BCUT2D eigenvalue weighted by atomic mass is 16.6. The van der Waals surface area contributed by atoms with Crippen molar-refractivity contribution in [2.75, 3.05) is 13.2 Å². The molecule has 0 aliphatic rings. The lowest BCUT2D eigenvalue weighted by Crippen LogP contribution is -2.30. The summed E-state index contributed by atoms with van der Waals surface area (Å²) in [6, 6.07) is 0. The first kappa shape index (κ1) is 74.8. The van der Waals surface area contributed by atoms with Gasteiger partial charge in [0.1, 0.15) is 13.2 Å². The van der Waals surface area contributed by atoms with Gasteiger partial charge in [0.25, 0.3) is 0 Å². The molecule has 1 unspecified atom stereocenters. The molecule has 0 aromatic rings. The number of rotatable bonds is 62. The van der Waals surface area contributed by atoms with Gasteiger partial charge in [0.05, 0.1) is 0 Å². The normalized spacial score (nSPS) is 12.5. The van der Waals surface area contributed by atoms with Crippen LogP contribution in [0.25, 0.3) is 0 Å². The van der Waals surface area contributed by atoms with Crippen LogP contribution in [-0.2, 0) is 28.6 Å². The van der Waals surface area contributed by atoms with Crippen molar-refractivity contribution in [3.05, 3.63) is 72.9 Å². The van der Waals surface area contributed by atoms with Crippen LogP contribution in [0.15, 0.2) is 72.9 Å². The number of hydrogen-bond acceptors (Lipinski definition) is 6. The maximum Gasteiger partial charge on any atom is 0.306 e. The molecule has 6 heteroatoms. The largest absolute Gasteiger partial charge is 0.462 e. The Morgan fingerprint density at radius 3 is 0.833 bits per heavy atom. The predicted molar refractivity (Wildman–Crippen MR) is 339 cm³/mol. The second-order valence-electron chi connectivity index (χ2n) is 22.7. The van der Waals surface area contributed by atoms with Crippen molar-refractivity contribution < 1.29 is 28.6 Å². The SMILES string of the molecule is CC/C=C\C/C=C\C/C=C\C/C=C\CCC(=O)OC(COC(=O)CCCCCCCCCCCCCC)COC(=O)CCCCCCCCCCCCCCCCCCCCCCCCC/C=C\C/C=C\CCCCCCC. The Morgan fingerprint density at radius 1 is 0.269 bits per heavy atom. The minimum absolute atomic E-state index is 0.0992. The fourth-order valence-electron chi connectivity index (χ4n) is 9.90. The van der Waals surface area contributed by atoms with Gasteiger partial charge in [-0.05, 0) is 77.0 Å². The van der Waals surface area contributed by atoms with E-state index in [1.165, 1.54) is 231 Å². The van der Waals surface area contributed by atoms with Gasteiger partial charge in [-0.15, -0.1) is 0 Å². The molecular weight excluding hydrogens is 961 g/mol. The van der Waals surface area contributed by atoms with Crippen molar-refractivity contribution in [1.29, 1.82) is 0 Å². The second kappa shape index (κ2) is 66.4. The smallest absolute Gasteiger partial charge is 0.306 e. The maximum absolute atomic E-state index is 12.8. The Morgan fingerprint density at radius 2 is 0.526 bits per heavy atom. The van der Waals surface area contributed by atoms with Crippen molar-refractivity contribution in [2.24, 2.45) is 0 Å². The first-order valence-corrected chi connectivity index (χ1v) is 33.9. The zero-order chi connectivity index (χ0) is 56.4. The number of unbranched alkanes of at least 4 members (excludes halogenated alkanes) is 39. The maximum atomic E-state index is 12.8. The average molecular weight is 1090 g/mol. The summed E-state index contributed by atoms with van der Waals surface area (Å²) in [6.45, 7) is 6.48. The molecule has 0 saturated carbocycles. The van der Waals surface area contributed by atoms with E-state index in [0.717, 1.165) is 70.6 Å². The topological polar surface area (TPSA) is 78.9 Å². The summed E-state index contributed by atoms with van der Waals surface area (Å²) in [5, 5.41) is 0. The third-order valence-electron chi connectivity index (χ3n) is 15.0. The molecule has 0 aromatic carbocycles. The quantitative estimate of drug-likeness (QED) is 0.0261. The summed E-state index contributed by atoms with van der Waals surface area (Å²) in [4.78, 5) is 38.1. The predicted octanol–water partition coefficient (Wildman–Crippen LogP) is 23.3. The van der Waals surface area contributed by atoms with Crippen LogP contribution < -0.4 is 0 Å². The van der Waals surface area contributed by atoms with E-state index in [0.29, 0.717) is 19.3 Å². The van der Waals surface area contributed by atoms with Gasteiger partial charge in [-0.2, -0.15) is 0 Å². The van der Waals surface area contributed by atoms with E-state index >= 15 is 0 Å². The van der Waals surface area contributed by atoms with Crippen LogP contribution in [-0.4, -0.2) is 37.2 Å². The van der Waals surface area contributed by atoms with E-state index < -0.39 is 6.10 Å². The second-order valence-corrected chi connectivity index (χ2v) is 22.7. The number of carbonyl (C=O) groups excluding carboxylic acids is 3. The Kier molecular flexibility index (Phi) is 63.7. The van der Waals surface area contributed by atoms with Crippen LogP contribution in [0.1, 0.15) is 348 Å². The number of allylic oxidation sites excluding steroid dienone is 12. The van der Waals surface area contributed by atoms with Crippen molar-refractivity contribution in [1.82, 2.24) is 0 Å². The first-order chi connectivity index (χ1) is 38.5. The Bertz CT molecular complexity index is 1440. The van der Waals surface area contributed by atoms with E-state index in [2.05, 4.69) is 87.6 Å². The van der Waals surface area contributed by atoms with Crippen LogP contribution in [0.2, 0.25) is 0 Å². The molecule has 0 amide bonds. The molecular formula is C72H128O6. The number of carbonyl (C=O) groups is 3. The summed E-state index contributed by atoms with van der Waals surface area (Å²) in [7, 11) is 0. The molecule has 0 radical (unpaired) electrons. The molecule has 0 fully saturated rings. The van der Waals surface area contributed by atoms with Gasteiger partial charge in [0.2, 0.25) is 0 Å². The fraction of sp³-hybridized carbons (Fsp3) is 0.792. The lowest BCUT2D eigenvalue weighted by molar-refractivity contribution is -0.166. The van der Waals surface area contributed by atoms with Crippen molar-refractivity contribution in [2.45, 2.75) is 354 Å². The monoisotopic (exact) mass is 1090 g/mol. The van der Waals surface area contributed by atoms with Gasteiger partial charge in [0.15, 0.2) is 6.10 Å². The molecule has 0 rings (SSSR count). The van der Waals surface area contributed by atoms with Crippen LogP contribution >= 0.6 is 0 Å². The van der Waals surface area contributed by atoms with Crippen LogP contribution in [0.3, 0.4) is 0 Å². The summed E-state index contributed by atoms with van der Waals surface area (Å²) in [5.74, 6) is -0.966. The highest BCUT2D eigenvalue weighted by Gasteiger charge is 2.19. The van der Waals surface area contributed by atoms with Crippen molar-refractivity contribution in [3.8, 4) is 0 Å². The van der Waals surface area contributed by atoms with Crippen molar-refractivity contribution >= 4 is 17.9 Å². The van der Waals surface area contributed by atoms with Gasteiger partial charge >= 0.3 is 17.9 Å². The Hall–Kier alpha value is -3.15. The molecule has 0 saturated heterocycles. The van der Waals surface area contributed by atoms with Gasteiger partial charge in [-0.25, -0.2) is 0 Å². The van der Waals surface area contributed by atoms with Crippen LogP contribution in [0.4, 0.5) is 0 Å². The van der Waals surface area contributed by atoms with Gasteiger partial charge < -0.3 is 14.2 Å². The molecule has 0 aliphatic carbocycles. The molecule has 0 spiro atoms. The molecule has 78 heavy (non-hydrogen) atoms. The van der Waals surface area contributed by atoms with Crippen LogP contribution in [0.5, 0.6) is 0 Å². The van der Waals surface area contributed by atoms with Gasteiger partial charge in [0, 0.05) is 19.3 Å². The summed E-state index contributed by atoms with van der Waals surface area (Å²) >= 11 is 0. The minimum atomic E-state index is -0.810. The Labute approximate surface area is 484 Å². The molecule has 0 aromatic heterocycles. The van der Waals surface area contributed by atoms with Gasteiger partial charge in [-0.1, -0.05) is 325 Å². The third kappa shape index (κ3) is 63.7. The summed E-state index contributed by atoms with van der Waals surface area (Å²) < 4.78 is 16.8. The number of hydrogen-bond donors (Lipinski definition) is 0. The number of esters is 3. The minimum Gasteiger partial charge on any atom is -0.462 e. The van der Waals surface area contributed by atoms with Crippen LogP contribution in [0, 0.1) is 0 Å². The summed E-state index contributed by atoms with van der Waals surface area (Å²) in [5.41, 5.74) is 0.